The molecule has 1 aromatic carbocycles. The van der Waals surface area contributed by atoms with Gasteiger partial charge in [-0.25, -0.2) is 4.79 Å². The average molecular weight is 236 g/mol. The molecule has 0 fully saturated rings. The van der Waals surface area contributed by atoms with E-state index in [2.05, 4.69) is 0 Å². The van der Waals surface area contributed by atoms with Gasteiger partial charge in [0, 0.05) is 12.0 Å². The largest absolute Gasteiger partial charge is 0.496 e. The minimum atomic E-state index is -0.389. The van der Waals surface area contributed by atoms with Crippen LogP contribution in [0.25, 0.3) is 0 Å². The lowest BCUT2D eigenvalue weighted by atomic mass is 10.0. The molecule has 17 heavy (non-hydrogen) atoms. The molecule has 0 radical (unpaired) electrons. The molecule has 0 atom stereocenters. The van der Waals surface area contributed by atoms with E-state index in [0.29, 0.717) is 23.5 Å². The van der Waals surface area contributed by atoms with Crippen LogP contribution in [0.2, 0.25) is 0 Å². The first kappa shape index (κ1) is 13.2. The third-order valence-electron chi connectivity index (χ3n) is 2.23. The topological polar surface area (TPSA) is 52.6 Å². The van der Waals surface area contributed by atoms with Crippen LogP contribution in [0.1, 0.15) is 29.8 Å². The predicted octanol–water partition coefficient (Wildman–Crippen LogP) is 2.00. The Bertz CT molecular complexity index is 423. The first-order valence-electron chi connectivity index (χ1n) is 5.42. The summed E-state index contributed by atoms with van der Waals surface area (Å²) in [5, 5.41) is 0. The quantitative estimate of drug-likeness (QED) is 0.734. The first-order valence-corrected chi connectivity index (χ1v) is 5.42. The average Bonchev–Trinajstić information content (AvgIpc) is 2.28. The molecule has 0 spiro atoms. The molecule has 0 aliphatic heterocycles. The van der Waals surface area contributed by atoms with Crippen LogP contribution in [0, 0.1) is 0 Å². The Hall–Kier alpha value is -1.84. The minimum absolute atomic E-state index is 0.0179. The van der Waals surface area contributed by atoms with Gasteiger partial charge in [0.2, 0.25) is 0 Å². The predicted molar refractivity (Wildman–Crippen MR) is 63.3 cm³/mol. The van der Waals surface area contributed by atoms with Crippen molar-refractivity contribution in [3.63, 3.8) is 0 Å². The number of carbonyl (C=O) groups excluding carboxylic acids is 2. The number of ketones is 1. The summed E-state index contributed by atoms with van der Waals surface area (Å²) in [6.45, 7) is 3.57. The molecule has 0 aliphatic rings. The minimum Gasteiger partial charge on any atom is -0.496 e. The van der Waals surface area contributed by atoms with Crippen LogP contribution in [0.15, 0.2) is 18.2 Å². The lowest BCUT2D eigenvalue weighted by Crippen LogP contribution is -2.07. The van der Waals surface area contributed by atoms with Crippen LogP contribution >= 0.6 is 0 Å². The van der Waals surface area contributed by atoms with Gasteiger partial charge in [0.05, 0.1) is 19.3 Å². The van der Waals surface area contributed by atoms with Crippen molar-refractivity contribution < 1.29 is 19.1 Å². The van der Waals surface area contributed by atoms with Gasteiger partial charge >= 0.3 is 5.97 Å². The fourth-order valence-corrected chi connectivity index (χ4v) is 1.53. The lowest BCUT2D eigenvalue weighted by Gasteiger charge is -2.09. The summed E-state index contributed by atoms with van der Waals surface area (Å²) in [7, 11) is 1.53. The highest BCUT2D eigenvalue weighted by Crippen LogP contribution is 2.21. The number of benzene rings is 1. The van der Waals surface area contributed by atoms with Crippen LogP contribution in [-0.4, -0.2) is 25.5 Å². The zero-order valence-corrected chi connectivity index (χ0v) is 10.3. The molecule has 1 aromatic rings. The second-order valence-corrected chi connectivity index (χ2v) is 3.63. The highest BCUT2D eigenvalue weighted by Gasteiger charge is 2.12. The fraction of sp³-hybridized carbons (Fsp3) is 0.385. The van der Waals surface area contributed by atoms with Gasteiger partial charge in [0.25, 0.3) is 0 Å². The SMILES string of the molecule is CCOC(=O)c1ccc(OC)c(CC(C)=O)c1. The molecule has 1 rings (SSSR count). The number of hydrogen-bond donors (Lipinski definition) is 0. The monoisotopic (exact) mass is 236 g/mol. The van der Waals surface area contributed by atoms with E-state index in [1.807, 2.05) is 0 Å². The molecule has 4 heteroatoms. The zero-order chi connectivity index (χ0) is 12.8. The van der Waals surface area contributed by atoms with Crippen LogP contribution in [0.5, 0.6) is 5.75 Å². The smallest absolute Gasteiger partial charge is 0.338 e. The van der Waals surface area contributed by atoms with Crippen molar-refractivity contribution in [1.29, 1.82) is 0 Å². The molecule has 0 saturated carbocycles. The number of methoxy groups -OCH3 is 1. The number of carbonyl (C=O) groups is 2. The van der Waals surface area contributed by atoms with E-state index in [4.69, 9.17) is 9.47 Å². The van der Waals surface area contributed by atoms with Crippen molar-refractivity contribution in [2.45, 2.75) is 20.3 Å². The summed E-state index contributed by atoms with van der Waals surface area (Å²) in [5.74, 6) is 0.234. The van der Waals surface area contributed by atoms with E-state index in [-0.39, 0.29) is 18.2 Å². The number of esters is 1. The van der Waals surface area contributed by atoms with E-state index in [0.717, 1.165) is 0 Å². The fourth-order valence-electron chi connectivity index (χ4n) is 1.53. The van der Waals surface area contributed by atoms with Gasteiger partial charge in [-0.3, -0.25) is 4.79 Å². The molecule has 0 heterocycles. The van der Waals surface area contributed by atoms with Crippen LogP contribution in [0.4, 0.5) is 0 Å². The van der Waals surface area contributed by atoms with E-state index in [1.165, 1.54) is 14.0 Å². The van der Waals surface area contributed by atoms with E-state index < -0.39 is 0 Å². The van der Waals surface area contributed by atoms with Gasteiger partial charge in [-0.2, -0.15) is 0 Å². The second kappa shape index (κ2) is 6.03. The highest BCUT2D eigenvalue weighted by atomic mass is 16.5. The van der Waals surface area contributed by atoms with Crippen molar-refractivity contribution in [3.8, 4) is 5.75 Å². The number of rotatable bonds is 5. The maximum Gasteiger partial charge on any atom is 0.338 e. The lowest BCUT2D eigenvalue weighted by molar-refractivity contribution is -0.116. The van der Waals surface area contributed by atoms with Crippen molar-refractivity contribution in [2.24, 2.45) is 0 Å². The first-order chi connectivity index (χ1) is 8.08. The molecule has 0 bridgehead atoms. The molecular formula is C13H16O4. The third-order valence-corrected chi connectivity index (χ3v) is 2.23. The van der Waals surface area contributed by atoms with E-state index >= 15 is 0 Å². The molecular weight excluding hydrogens is 220 g/mol. The van der Waals surface area contributed by atoms with Crippen LogP contribution < -0.4 is 4.74 Å². The standard InChI is InChI=1S/C13H16O4/c1-4-17-13(15)10-5-6-12(16-3)11(8-10)7-9(2)14/h5-6,8H,4,7H2,1-3H3. The number of Topliss-reactive ketones (excluding diaryl/α,β-unsaturated/α-hetero) is 1. The van der Waals surface area contributed by atoms with Crippen LogP contribution in [-0.2, 0) is 16.0 Å². The van der Waals surface area contributed by atoms with Crippen molar-refractivity contribution in [2.75, 3.05) is 13.7 Å². The molecule has 0 N–H and O–H groups in total. The summed E-state index contributed by atoms with van der Waals surface area (Å²) in [5.41, 5.74) is 1.13. The van der Waals surface area contributed by atoms with E-state index in [9.17, 15) is 9.59 Å². The highest BCUT2D eigenvalue weighted by molar-refractivity contribution is 5.90. The summed E-state index contributed by atoms with van der Waals surface area (Å²) in [6.07, 6.45) is 0.246. The Morgan fingerprint density at radius 1 is 1.29 bits per heavy atom. The van der Waals surface area contributed by atoms with Crippen molar-refractivity contribution in [3.05, 3.63) is 29.3 Å². The maximum atomic E-state index is 11.5. The maximum absolute atomic E-state index is 11.5. The molecule has 4 nitrogen and oxygen atoms in total. The normalized spacial score (nSPS) is 9.82. The number of hydrogen-bond acceptors (Lipinski definition) is 4. The second-order valence-electron chi connectivity index (χ2n) is 3.63. The Labute approximate surface area is 101 Å². The van der Waals surface area contributed by atoms with Crippen molar-refractivity contribution in [1.82, 2.24) is 0 Å². The Balaban J connectivity index is 3.03. The molecule has 0 amide bonds. The van der Waals surface area contributed by atoms with Gasteiger partial charge < -0.3 is 9.47 Å². The van der Waals surface area contributed by atoms with Gasteiger partial charge in [-0.1, -0.05) is 0 Å². The summed E-state index contributed by atoms with van der Waals surface area (Å²) >= 11 is 0. The third kappa shape index (κ3) is 3.59. The summed E-state index contributed by atoms with van der Waals surface area (Å²) in [6, 6.07) is 4.93. The van der Waals surface area contributed by atoms with Gasteiger partial charge in [-0.05, 0) is 32.0 Å². The van der Waals surface area contributed by atoms with Crippen molar-refractivity contribution >= 4 is 11.8 Å². The Kier molecular flexibility index (Phi) is 4.69. The van der Waals surface area contributed by atoms with Gasteiger partial charge in [-0.15, -0.1) is 0 Å². The van der Waals surface area contributed by atoms with Crippen LogP contribution in [0.3, 0.4) is 0 Å². The Morgan fingerprint density at radius 2 is 2.00 bits per heavy atom. The molecule has 0 unspecified atom stereocenters. The number of ether oxygens (including phenoxy) is 2. The van der Waals surface area contributed by atoms with Gasteiger partial charge in [0.15, 0.2) is 0 Å². The molecule has 0 aliphatic carbocycles. The Morgan fingerprint density at radius 3 is 2.53 bits per heavy atom. The molecule has 0 aromatic heterocycles. The summed E-state index contributed by atoms with van der Waals surface area (Å²) in [4.78, 5) is 22.7. The molecule has 0 saturated heterocycles. The summed E-state index contributed by atoms with van der Waals surface area (Å²) < 4.78 is 10.0. The van der Waals surface area contributed by atoms with Gasteiger partial charge in [0.1, 0.15) is 11.5 Å². The zero-order valence-electron chi connectivity index (χ0n) is 10.3. The van der Waals surface area contributed by atoms with E-state index in [1.54, 1.807) is 25.1 Å². The molecule has 92 valence electrons.